The molecule has 33 heavy (non-hydrogen) atoms. The van der Waals surface area contributed by atoms with Crippen LogP contribution in [-0.2, 0) is 0 Å². The molecule has 1 aromatic heterocycles. The van der Waals surface area contributed by atoms with Crippen LogP contribution in [0.5, 0.6) is 11.6 Å². The number of nitrogens with one attached hydrogen (secondary N) is 1. The standard InChI is InChI=1S/C26H26F2N2O3/c1-6-22-20(27)14-21(28)24(29-22)33-19-11-15(2)10-18(13-19)16-8-7-9-17(12-16)23(26(3,4)5)30-25(31)32/h6-14,23,30H,1H2,2-5H3,(H,31,32). The molecule has 0 fully saturated rings. The van der Waals surface area contributed by atoms with Gasteiger partial charge in [-0.3, -0.25) is 0 Å². The minimum Gasteiger partial charge on any atom is -0.465 e. The van der Waals surface area contributed by atoms with Crippen LogP contribution in [0.25, 0.3) is 17.2 Å². The normalized spacial score (nSPS) is 12.2. The van der Waals surface area contributed by atoms with Crippen LogP contribution in [0.1, 0.15) is 43.6 Å². The number of halogens is 2. The summed E-state index contributed by atoms with van der Waals surface area (Å²) in [5.41, 5.74) is 2.84. The van der Waals surface area contributed by atoms with Gasteiger partial charge in [-0.05, 0) is 58.9 Å². The zero-order valence-corrected chi connectivity index (χ0v) is 18.9. The number of rotatable bonds is 6. The van der Waals surface area contributed by atoms with Gasteiger partial charge in [-0.15, -0.1) is 0 Å². The Morgan fingerprint density at radius 2 is 1.85 bits per heavy atom. The first-order chi connectivity index (χ1) is 15.5. The molecule has 0 saturated carbocycles. The molecule has 2 aromatic carbocycles. The van der Waals surface area contributed by atoms with Crippen molar-refractivity contribution in [2.75, 3.05) is 0 Å². The van der Waals surface area contributed by atoms with Crippen molar-refractivity contribution in [2.45, 2.75) is 33.7 Å². The van der Waals surface area contributed by atoms with E-state index in [4.69, 9.17) is 4.74 Å². The fraction of sp³-hybridized carbons (Fsp3) is 0.231. The molecule has 7 heteroatoms. The number of hydrogen-bond acceptors (Lipinski definition) is 3. The number of benzene rings is 2. The molecular weight excluding hydrogens is 426 g/mol. The highest BCUT2D eigenvalue weighted by molar-refractivity contribution is 5.68. The molecule has 1 atom stereocenters. The van der Waals surface area contributed by atoms with Gasteiger partial charge < -0.3 is 15.2 Å². The number of carbonyl (C=O) groups is 1. The summed E-state index contributed by atoms with van der Waals surface area (Å²) in [5.74, 6) is -1.76. The third-order valence-electron chi connectivity index (χ3n) is 5.07. The number of hydrogen-bond donors (Lipinski definition) is 2. The highest BCUT2D eigenvalue weighted by Crippen LogP contribution is 2.36. The second-order valence-electron chi connectivity index (χ2n) is 8.86. The van der Waals surface area contributed by atoms with Crippen molar-refractivity contribution in [3.05, 3.63) is 83.6 Å². The van der Waals surface area contributed by atoms with Gasteiger partial charge in [0.15, 0.2) is 11.6 Å². The van der Waals surface area contributed by atoms with Crippen molar-refractivity contribution in [1.82, 2.24) is 10.3 Å². The fourth-order valence-corrected chi connectivity index (χ4v) is 3.58. The average molecular weight is 453 g/mol. The van der Waals surface area contributed by atoms with Crippen LogP contribution in [0, 0.1) is 24.0 Å². The summed E-state index contributed by atoms with van der Waals surface area (Å²) in [4.78, 5) is 15.2. The first-order valence-corrected chi connectivity index (χ1v) is 10.4. The summed E-state index contributed by atoms with van der Waals surface area (Å²) < 4.78 is 33.6. The first kappa shape index (κ1) is 23.9. The second kappa shape index (κ2) is 9.40. The van der Waals surface area contributed by atoms with E-state index in [9.17, 15) is 18.7 Å². The lowest BCUT2D eigenvalue weighted by molar-refractivity contribution is 0.175. The number of carboxylic acid groups (broad SMARTS) is 1. The maximum absolute atomic E-state index is 14.2. The van der Waals surface area contributed by atoms with Gasteiger partial charge in [0.1, 0.15) is 11.4 Å². The number of ether oxygens (including phenoxy) is 1. The summed E-state index contributed by atoms with van der Waals surface area (Å²) in [5, 5.41) is 11.9. The summed E-state index contributed by atoms with van der Waals surface area (Å²) in [6.45, 7) is 11.2. The van der Waals surface area contributed by atoms with Crippen LogP contribution in [0.2, 0.25) is 0 Å². The Hall–Kier alpha value is -3.74. The van der Waals surface area contributed by atoms with Crippen LogP contribution in [0.4, 0.5) is 13.6 Å². The van der Waals surface area contributed by atoms with Crippen molar-refractivity contribution < 1.29 is 23.4 Å². The quantitative estimate of drug-likeness (QED) is 0.417. The lowest BCUT2D eigenvalue weighted by Gasteiger charge is -2.31. The van der Waals surface area contributed by atoms with E-state index < -0.39 is 23.8 Å². The molecule has 3 rings (SSSR count). The van der Waals surface area contributed by atoms with Gasteiger partial charge in [0.05, 0.1) is 6.04 Å². The van der Waals surface area contributed by atoms with Crippen LogP contribution < -0.4 is 10.1 Å². The maximum atomic E-state index is 14.2. The highest BCUT2D eigenvalue weighted by atomic mass is 19.1. The first-order valence-electron chi connectivity index (χ1n) is 10.4. The van der Waals surface area contributed by atoms with Crippen LogP contribution in [0.3, 0.4) is 0 Å². The van der Waals surface area contributed by atoms with E-state index in [0.717, 1.165) is 22.3 Å². The van der Waals surface area contributed by atoms with E-state index in [2.05, 4.69) is 16.9 Å². The zero-order chi connectivity index (χ0) is 24.3. The molecule has 0 spiro atoms. The minimum absolute atomic E-state index is 0.105. The molecule has 0 saturated heterocycles. The zero-order valence-electron chi connectivity index (χ0n) is 18.9. The Kier molecular flexibility index (Phi) is 6.81. The molecule has 0 aliphatic heterocycles. The molecule has 0 radical (unpaired) electrons. The van der Waals surface area contributed by atoms with Crippen molar-refractivity contribution in [3.63, 3.8) is 0 Å². The molecule has 3 aromatic rings. The Balaban J connectivity index is 2.00. The Morgan fingerprint density at radius 3 is 2.48 bits per heavy atom. The van der Waals surface area contributed by atoms with E-state index in [0.29, 0.717) is 11.8 Å². The average Bonchev–Trinajstić information content (AvgIpc) is 2.73. The van der Waals surface area contributed by atoms with Crippen molar-refractivity contribution in [3.8, 4) is 22.8 Å². The van der Waals surface area contributed by atoms with Gasteiger partial charge in [0.25, 0.3) is 5.88 Å². The van der Waals surface area contributed by atoms with Crippen molar-refractivity contribution in [1.29, 1.82) is 0 Å². The molecule has 5 nitrogen and oxygen atoms in total. The predicted octanol–water partition coefficient (Wildman–Crippen LogP) is 7.13. The largest absolute Gasteiger partial charge is 0.465 e. The third kappa shape index (κ3) is 5.74. The smallest absolute Gasteiger partial charge is 0.405 e. The predicted molar refractivity (Wildman–Crippen MR) is 124 cm³/mol. The van der Waals surface area contributed by atoms with Crippen molar-refractivity contribution >= 4 is 12.2 Å². The third-order valence-corrected chi connectivity index (χ3v) is 5.07. The van der Waals surface area contributed by atoms with Gasteiger partial charge >= 0.3 is 6.09 Å². The van der Waals surface area contributed by atoms with Gasteiger partial charge in [0.2, 0.25) is 0 Å². The highest BCUT2D eigenvalue weighted by Gasteiger charge is 2.28. The fourth-order valence-electron chi connectivity index (χ4n) is 3.58. The molecule has 0 bridgehead atoms. The lowest BCUT2D eigenvalue weighted by atomic mass is 9.81. The summed E-state index contributed by atoms with van der Waals surface area (Å²) in [7, 11) is 0. The summed E-state index contributed by atoms with van der Waals surface area (Å²) >= 11 is 0. The lowest BCUT2D eigenvalue weighted by Crippen LogP contribution is -2.35. The van der Waals surface area contributed by atoms with Gasteiger partial charge in [-0.1, -0.05) is 51.6 Å². The van der Waals surface area contributed by atoms with E-state index >= 15 is 0 Å². The van der Waals surface area contributed by atoms with E-state index in [-0.39, 0.29) is 17.0 Å². The summed E-state index contributed by atoms with van der Waals surface area (Å²) in [6, 6.07) is 13.2. The monoisotopic (exact) mass is 452 g/mol. The Labute approximate surface area is 191 Å². The molecule has 2 N–H and O–H groups in total. The molecule has 1 heterocycles. The molecule has 0 aliphatic carbocycles. The number of pyridine rings is 1. The van der Waals surface area contributed by atoms with Crippen molar-refractivity contribution in [2.24, 2.45) is 5.41 Å². The Morgan fingerprint density at radius 1 is 1.12 bits per heavy atom. The van der Waals surface area contributed by atoms with Crippen LogP contribution >= 0.6 is 0 Å². The van der Waals surface area contributed by atoms with Crippen LogP contribution in [0.15, 0.2) is 55.1 Å². The van der Waals surface area contributed by atoms with Gasteiger partial charge in [0, 0.05) is 6.07 Å². The Bertz CT molecular complexity index is 1200. The number of aromatic nitrogens is 1. The second-order valence-corrected chi connectivity index (χ2v) is 8.86. The van der Waals surface area contributed by atoms with E-state index in [1.165, 1.54) is 6.08 Å². The van der Waals surface area contributed by atoms with Crippen LogP contribution in [-0.4, -0.2) is 16.2 Å². The number of amides is 1. The topological polar surface area (TPSA) is 71.5 Å². The maximum Gasteiger partial charge on any atom is 0.405 e. The molecule has 172 valence electrons. The molecular formula is C26H26F2N2O3. The molecule has 0 aliphatic rings. The molecule has 1 unspecified atom stereocenters. The summed E-state index contributed by atoms with van der Waals surface area (Å²) in [6.07, 6.45) is 0.0882. The van der Waals surface area contributed by atoms with Gasteiger partial charge in [-0.25, -0.2) is 18.6 Å². The SMILES string of the molecule is C=Cc1nc(Oc2cc(C)cc(-c3cccc(C(NC(=O)O)C(C)(C)C)c3)c2)c(F)cc1F. The molecule has 1 amide bonds. The van der Waals surface area contributed by atoms with Gasteiger partial charge in [-0.2, -0.15) is 0 Å². The number of nitrogens with zero attached hydrogens (tertiary/aromatic N) is 1. The van der Waals surface area contributed by atoms with E-state index in [1.54, 1.807) is 12.1 Å². The van der Waals surface area contributed by atoms with E-state index in [1.807, 2.05) is 58.0 Å². The minimum atomic E-state index is -1.10. The number of aryl methyl sites for hydroxylation is 1.